The molecule has 1 heterocycles. The van der Waals surface area contributed by atoms with Crippen molar-refractivity contribution in [2.24, 2.45) is 0 Å². The van der Waals surface area contributed by atoms with Gasteiger partial charge in [0.25, 0.3) is 5.91 Å². The minimum atomic E-state index is -3.56. The SMILES string of the molecule is CCS(=O)(=O)N(C)c1ccc(C(=O)NCCOc2ccc(S(=O)(=O)N3CCOCC3)cc2)cc1. The number of rotatable bonds is 10. The van der Waals surface area contributed by atoms with Crippen LogP contribution in [0.15, 0.2) is 53.4 Å². The highest BCUT2D eigenvalue weighted by molar-refractivity contribution is 7.92. The molecule has 1 aliphatic heterocycles. The third kappa shape index (κ3) is 6.26. The predicted octanol–water partition coefficient (Wildman–Crippen LogP) is 1.30. The van der Waals surface area contributed by atoms with Gasteiger partial charge in [-0.2, -0.15) is 4.31 Å². The Morgan fingerprint density at radius 2 is 1.65 bits per heavy atom. The Morgan fingerprint density at radius 3 is 2.24 bits per heavy atom. The molecule has 2 aromatic carbocycles. The number of ether oxygens (including phenoxy) is 2. The van der Waals surface area contributed by atoms with Crippen LogP contribution in [-0.4, -0.2) is 79.3 Å². The zero-order chi connectivity index (χ0) is 24.8. The summed E-state index contributed by atoms with van der Waals surface area (Å²) in [6, 6.07) is 12.4. The Hall–Kier alpha value is -2.67. The van der Waals surface area contributed by atoms with Crippen LogP contribution in [0.1, 0.15) is 17.3 Å². The van der Waals surface area contributed by atoms with E-state index in [-0.39, 0.29) is 29.7 Å². The van der Waals surface area contributed by atoms with Crippen LogP contribution >= 0.6 is 0 Å². The van der Waals surface area contributed by atoms with Gasteiger partial charge in [-0.05, 0) is 55.5 Å². The molecule has 0 unspecified atom stereocenters. The standard InChI is InChI=1S/C22H29N3O7S2/c1-3-33(27,28)24(2)19-6-4-18(5-7-19)22(26)23-12-15-32-20-8-10-21(11-9-20)34(29,30)25-13-16-31-17-14-25/h4-11H,3,12-17H2,1-2H3,(H,23,26). The molecule has 0 spiro atoms. The molecule has 3 rings (SSSR count). The molecular weight excluding hydrogens is 482 g/mol. The maximum Gasteiger partial charge on any atom is 0.251 e. The van der Waals surface area contributed by atoms with E-state index in [0.717, 1.165) is 0 Å². The first-order valence-electron chi connectivity index (χ1n) is 10.8. The van der Waals surface area contributed by atoms with Gasteiger partial charge in [-0.1, -0.05) is 0 Å². The Labute approximate surface area is 200 Å². The molecule has 0 aromatic heterocycles. The largest absolute Gasteiger partial charge is 0.492 e. The van der Waals surface area contributed by atoms with Gasteiger partial charge in [0.05, 0.1) is 36.1 Å². The predicted molar refractivity (Wildman–Crippen MR) is 128 cm³/mol. The number of nitrogens with one attached hydrogen (secondary N) is 1. The fraction of sp³-hybridized carbons (Fsp3) is 0.409. The topological polar surface area (TPSA) is 122 Å². The van der Waals surface area contributed by atoms with Crippen molar-refractivity contribution in [1.82, 2.24) is 9.62 Å². The van der Waals surface area contributed by atoms with Crippen molar-refractivity contribution in [2.45, 2.75) is 11.8 Å². The average Bonchev–Trinajstić information content (AvgIpc) is 2.87. The van der Waals surface area contributed by atoms with Crippen molar-refractivity contribution < 1.29 is 31.1 Å². The first kappa shape index (κ1) is 25.9. The van der Waals surface area contributed by atoms with Crippen molar-refractivity contribution in [3.63, 3.8) is 0 Å². The molecule has 0 aliphatic carbocycles. The number of sulfonamides is 2. The Bertz CT molecular complexity index is 1180. The van der Waals surface area contributed by atoms with E-state index in [9.17, 15) is 21.6 Å². The third-order valence-electron chi connectivity index (χ3n) is 5.36. The monoisotopic (exact) mass is 511 g/mol. The lowest BCUT2D eigenvalue weighted by atomic mass is 10.2. The Balaban J connectivity index is 1.47. The molecule has 2 aromatic rings. The molecule has 1 amide bonds. The first-order valence-corrected chi connectivity index (χ1v) is 13.9. The van der Waals surface area contributed by atoms with Gasteiger partial charge in [-0.15, -0.1) is 0 Å². The number of carbonyl (C=O) groups excluding carboxylic acids is 1. The summed E-state index contributed by atoms with van der Waals surface area (Å²) < 4.78 is 62.5. The number of hydrogen-bond acceptors (Lipinski definition) is 7. The van der Waals surface area contributed by atoms with Crippen molar-refractivity contribution in [3.8, 4) is 5.75 Å². The number of amides is 1. The van der Waals surface area contributed by atoms with Crippen LogP contribution in [0.4, 0.5) is 5.69 Å². The van der Waals surface area contributed by atoms with Gasteiger partial charge in [-0.25, -0.2) is 16.8 Å². The van der Waals surface area contributed by atoms with Gasteiger partial charge >= 0.3 is 0 Å². The molecule has 1 saturated heterocycles. The highest BCUT2D eigenvalue weighted by Gasteiger charge is 2.26. The Kier molecular flexibility index (Phi) is 8.52. The number of carbonyl (C=O) groups is 1. The van der Waals surface area contributed by atoms with E-state index in [1.54, 1.807) is 43.3 Å². The zero-order valence-corrected chi connectivity index (χ0v) is 20.8. The van der Waals surface area contributed by atoms with E-state index >= 15 is 0 Å². The number of anilines is 1. The highest BCUT2D eigenvalue weighted by atomic mass is 32.2. The van der Waals surface area contributed by atoms with Crippen LogP contribution in [0.2, 0.25) is 0 Å². The average molecular weight is 512 g/mol. The van der Waals surface area contributed by atoms with Crippen molar-refractivity contribution in [3.05, 3.63) is 54.1 Å². The lowest BCUT2D eigenvalue weighted by Gasteiger charge is -2.26. The van der Waals surface area contributed by atoms with E-state index in [2.05, 4.69) is 5.32 Å². The van der Waals surface area contributed by atoms with Gasteiger partial charge in [0.2, 0.25) is 20.0 Å². The molecule has 1 N–H and O–H groups in total. The summed E-state index contributed by atoms with van der Waals surface area (Å²) in [5.41, 5.74) is 0.865. The summed E-state index contributed by atoms with van der Waals surface area (Å²) >= 11 is 0. The fourth-order valence-electron chi connectivity index (χ4n) is 3.26. The number of nitrogens with zero attached hydrogens (tertiary/aromatic N) is 2. The quantitative estimate of drug-likeness (QED) is 0.477. The first-order chi connectivity index (χ1) is 16.1. The molecular formula is C22H29N3O7S2. The normalized spacial score (nSPS) is 15.0. The van der Waals surface area contributed by atoms with Crippen LogP contribution in [0.25, 0.3) is 0 Å². The van der Waals surface area contributed by atoms with E-state index in [1.807, 2.05) is 0 Å². The lowest BCUT2D eigenvalue weighted by Crippen LogP contribution is -2.40. The second kappa shape index (κ2) is 11.2. The van der Waals surface area contributed by atoms with E-state index in [0.29, 0.717) is 43.3 Å². The van der Waals surface area contributed by atoms with Crippen LogP contribution in [0.5, 0.6) is 5.75 Å². The second-order valence-electron chi connectivity index (χ2n) is 7.51. The van der Waals surface area contributed by atoms with Gasteiger partial charge in [0.15, 0.2) is 0 Å². The fourth-order valence-corrected chi connectivity index (χ4v) is 5.49. The van der Waals surface area contributed by atoms with Crippen LogP contribution in [0, 0.1) is 0 Å². The van der Waals surface area contributed by atoms with Crippen molar-refractivity contribution in [1.29, 1.82) is 0 Å². The molecule has 12 heteroatoms. The maximum atomic E-state index is 12.6. The van der Waals surface area contributed by atoms with Crippen molar-refractivity contribution in [2.75, 3.05) is 56.6 Å². The molecule has 0 bridgehead atoms. The van der Waals surface area contributed by atoms with Gasteiger partial charge in [-0.3, -0.25) is 9.10 Å². The molecule has 1 aliphatic rings. The maximum absolute atomic E-state index is 12.6. The molecule has 186 valence electrons. The second-order valence-corrected chi connectivity index (χ2v) is 11.7. The summed E-state index contributed by atoms with van der Waals surface area (Å²) in [5.74, 6) is 0.154. The molecule has 10 nitrogen and oxygen atoms in total. The minimum Gasteiger partial charge on any atom is -0.492 e. The molecule has 0 radical (unpaired) electrons. The summed E-state index contributed by atoms with van der Waals surface area (Å²) in [5, 5.41) is 2.73. The smallest absolute Gasteiger partial charge is 0.251 e. The summed E-state index contributed by atoms with van der Waals surface area (Å²) in [7, 11) is -5.46. The van der Waals surface area contributed by atoms with E-state index in [4.69, 9.17) is 9.47 Å². The van der Waals surface area contributed by atoms with Crippen LogP contribution in [-0.2, 0) is 24.8 Å². The van der Waals surface area contributed by atoms with E-state index in [1.165, 1.54) is 27.8 Å². The van der Waals surface area contributed by atoms with Crippen LogP contribution < -0.4 is 14.4 Å². The molecule has 1 fully saturated rings. The molecule has 34 heavy (non-hydrogen) atoms. The van der Waals surface area contributed by atoms with Gasteiger partial charge in [0.1, 0.15) is 12.4 Å². The minimum absolute atomic E-state index is 0.0157. The summed E-state index contributed by atoms with van der Waals surface area (Å²) in [6.07, 6.45) is 0. The van der Waals surface area contributed by atoms with Gasteiger partial charge < -0.3 is 14.8 Å². The Morgan fingerprint density at radius 1 is 1.03 bits per heavy atom. The van der Waals surface area contributed by atoms with Gasteiger partial charge in [0, 0.05) is 25.7 Å². The molecule has 0 saturated carbocycles. The third-order valence-corrected chi connectivity index (χ3v) is 9.05. The molecule has 0 atom stereocenters. The summed E-state index contributed by atoms with van der Waals surface area (Å²) in [6.45, 7) is 3.42. The highest BCUT2D eigenvalue weighted by Crippen LogP contribution is 2.20. The van der Waals surface area contributed by atoms with Crippen molar-refractivity contribution >= 4 is 31.6 Å². The lowest BCUT2D eigenvalue weighted by molar-refractivity contribution is 0.0730. The zero-order valence-electron chi connectivity index (χ0n) is 19.1. The van der Waals surface area contributed by atoms with E-state index < -0.39 is 20.0 Å². The number of benzene rings is 2. The number of hydrogen-bond donors (Lipinski definition) is 1. The summed E-state index contributed by atoms with van der Waals surface area (Å²) in [4.78, 5) is 12.5. The van der Waals surface area contributed by atoms with Crippen LogP contribution in [0.3, 0.4) is 0 Å². The number of morpholine rings is 1.